The Morgan fingerprint density at radius 2 is 1.81 bits per heavy atom. The molecule has 18 heteroatoms. The van der Waals surface area contributed by atoms with Crippen molar-refractivity contribution in [2.75, 3.05) is 18.9 Å². The number of anilines is 1. The van der Waals surface area contributed by atoms with Crippen LogP contribution in [0.3, 0.4) is 0 Å². The zero-order chi connectivity index (χ0) is 27.0. The van der Waals surface area contributed by atoms with Crippen molar-refractivity contribution < 1.29 is 61.1 Å². The fourth-order valence-electron chi connectivity index (χ4n) is 3.99. The first-order valence-electron chi connectivity index (χ1n) is 11.0. The van der Waals surface area contributed by atoms with Gasteiger partial charge in [0.05, 0.1) is 12.9 Å². The molecule has 196 valence electrons. The minimum absolute atomic E-state index is 0.0176. The van der Waals surface area contributed by atoms with Gasteiger partial charge in [-0.2, -0.15) is 4.98 Å². The van der Waals surface area contributed by atoms with Gasteiger partial charge in [0.25, 0.3) is 0 Å². The molecule has 37 heavy (non-hydrogen) atoms. The second kappa shape index (κ2) is 11.3. The Hall–Kier alpha value is -2.09. The van der Waals surface area contributed by atoms with Crippen molar-refractivity contribution in [3.8, 4) is 0 Å². The molecule has 7 atom stereocenters. The van der Waals surface area contributed by atoms with Crippen molar-refractivity contribution in [2.24, 2.45) is 0 Å². The quantitative estimate of drug-likeness (QED) is 0.0760. The number of aliphatic hydroxyl groups excluding tert-OH is 5. The summed E-state index contributed by atoms with van der Waals surface area (Å²) >= 11 is 5.12. The first kappa shape index (κ1) is 27.9. The van der Waals surface area contributed by atoms with Crippen LogP contribution in [0.4, 0.5) is 5.95 Å². The third kappa shape index (κ3) is 5.54. The third-order valence-corrected chi connectivity index (χ3v) is 8.18. The SMILES string of the molecule is Nc1nc([S-])c2ncn([C@@H]3O[C@H](CO)[C@@H](O)[C@H]3O)c2n1.O=c1[nH]c(=O)n([C@H]2C[C@H](O)[C@@H](CO)O2)c[c]1[Hg+]. The predicted molar refractivity (Wildman–Crippen MR) is 121 cm³/mol. The number of hydrogen-bond donors (Lipinski definition) is 7. The number of H-pyrrole nitrogens is 1. The van der Waals surface area contributed by atoms with Crippen LogP contribution in [-0.2, 0) is 48.2 Å². The standard InChI is InChI=1S/C10H13N5O4S.C9H11N2O5.Hg/c11-10-13-7-4(8(20)14-10)12-2-15(7)9-6(18)5(17)3(1-16)19-9;12-4-6-5(13)3-8(16-6)11-2-1-7(14)10-9(11)15;/h2-3,5-6,9,16-18H,1H2,(H3,11,13,14,20);2,5-6,8,12-13H,3-4H2,(H,10,14,15);/q;;+1/p-1/t3-,5-,6-,9-;5-,6+,8+;/m10./s1. The number of aromatic nitrogens is 6. The molecule has 2 aliphatic heterocycles. The van der Waals surface area contributed by atoms with E-state index in [1.165, 1.54) is 21.7 Å². The summed E-state index contributed by atoms with van der Waals surface area (Å²) in [7, 11) is 0. The number of aliphatic hydroxyl groups is 5. The molecule has 0 aliphatic carbocycles. The number of nitrogens with two attached hydrogens (primary N) is 1. The molecule has 0 unspecified atom stereocenters. The summed E-state index contributed by atoms with van der Waals surface area (Å²) in [5.41, 5.74) is 5.29. The van der Waals surface area contributed by atoms with Gasteiger partial charge in [0, 0.05) is 0 Å². The van der Waals surface area contributed by atoms with E-state index in [2.05, 4.69) is 19.9 Å². The molecule has 2 fully saturated rings. The van der Waals surface area contributed by atoms with Crippen LogP contribution in [0.1, 0.15) is 18.9 Å². The van der Waals surface area contributed by atoms with Gasteiger partial charge in [-0.3, -0.25) is 4.57 Å². The third-order valence-electron chi connectivity index (χ3n) is 5.93. The molecule has 2 aliphatic rings. The summed E-state index contributed by atoms with van der Waals surface area (Å²) in [6.07, 6.45) is -3.29. The summed E-state index contributed by atoms with van der Waals surface area (Å²) < 4.78 is 14.0. The van der Waals surface area contributed by atoms with E-state index in [9.17, 15) is 24.9 Å². The van der Waals surface area contributed by atoms with Crippen LogP contribution in [-0.4, -0.2) is 98.3 Å². The molecule has 0 aromatic carbocycles. The number of nitrogens with one attached hydrogen (secondary N) is 1. The monoisotopic (exact) mass is 727 g/mol. The minimum atomic E-state index is -1.23. The maximum absolute atomic E-state index is 11.6. The molecule has 5 rings (SSSR count). The van der Waals surface area contributed by atoms with Crippen LogP contribution >= 0.6 is 0 Å². The molecule has 0 spiro atoms. The van der Waals surface area contributed by atoms with Gasteiger partial charge >= 0.3 is 112 Å². The summed E-state index contributed by atoms with van der Waals surface area (Å²) in [5.74, 6) is -0.0176. The molecule has 3 aromatic heterocycles. The van der Waals surface area contributed by atoms with Gasteiger partial charge < -0.3 is 38.4 Å². The molecular weight excluding hydrogens is 703 g/mol. The first-order valence-corrected chi connectivity index (χ1v) is 14.1. The van der Waals surface area contributed by atoms with E-state index in [1.807, 2.05) is 0 Å². The van der Waals surface area contributed by atoms with E-state index < -0.39 is 55.3 Å². The Balaban J connectivity index is 0.000000176. The molecule has 0 bridgehead atoms. The van der Waals surface area contributed by atoms with Crippen LogP contribution in [0.25, 0.3) is 11.2 Å². The molecule has 16 nitrogen and oxygen atoms in total. The van der Waals surface area contributed by atoms with E-state index in [-0.39, 0.29) is 55.7 Å². The van der Waals surface area contributed by atoms with Gasteiger partial charge in [0.2, 0.25) is 5.95 Å². The van der Waals surface area contributed by atoms with E-state index in [1.54, 1.807) is 0 Å². The van der Waals surface area contributed by atoms with Crippen molar-refractivity contribution in [1.82, 2.24) is 29.1 Å². The van der Waals surface area contributed by atoms with Gasteiger partial charge in [-0.05, 0) is 5.03 Å². The molecule has 0 amide bonds. The number of rotatable bonds is 4. The predicted octanol–water partition coefficient (Wildman–Crippen LogP) is -4.72. The Morgan fingerprint density at radius 3 is 2.43 bits per heavy atom. The molecule has 2 saturated heterocycles. The van der Waals surface area contributed by atoms with Crippen molar-refractivity contribution in [2.45, 2.75) is 54.4 Å². The van der Waals surface area contributed by atoms with E-state index in [4.69, 9.17) is 38.0 Å². The fourth-order valence-corrected chi connectivity index (χ4v) is 5.34. The maximum atomic E-state index is 11.6. The van der Waals surface area contributed by atoms with Crippen LogP contribution in [0.2, 0.25) is 0 Å². The van der Waals surface area contributed by atoms with Crippen LogP contribution in [0.15, 0.2) is 27.1 Å². The Kier molecular flexibility index (Phi) is 8.56. The zero-order valence-electron chi connectivity index (χ0n) is 19.1. The number of nitrogens with zero attached hydrogens (tertiary/aromatic N) is 5. The number of aromatic amines is 1. The van der Waals surface area contributed by atoms with Crippen molar-refractivity contribution in [3.05, 3.63) is 33.4 Å². The average Bonchev–Trinajstić information content (AvgIpc) is 3.52. The summed E-state index contributed by atoms with van der Waals surface area (Å²) in [6, 6.07) is 0. The number of imidazole rings is 1. The van der Waals surface area contributed by atoms with E-state index >= 15 is 0 Å². The van der Waals surface area contributed by atoms with Crippen LogP contribution in [0, 0.1) is 0 Å². The topological polar surface area (TPSA) is 244 Å². The summed E-state index contributed by atoms with van der Waals surface area (Å²) in [6.45, 7) is -0.711. The van der Waals surface area contributed by atoms with Crippen molar-refractivity contribution >= 4 is 32.8 Å². The number of fused-ring (bicyclic) bond motifs is 1. The first-order chi connectivity index (χ1) is 17.5. The fraction of sp³-hybridized carbons (Fsp3) is 0.526. The Bertz CT molecular complexity index is 1380. The summed E-state index contributed by atoms with van der Waals surface area (Å²) in [4.78, 5) is 36.9. The molecule has 0 radical (unpaired) electrons. The molecular formula is C19H23HgN7O9S. The van der Waals surface area contributed by atoms with E-state index in [0.29, 0.717) is 14.2 Å². The Labute approximate surface area is 229 Å². The van der Waals surface area contributed by atoms with Crippen molar-refractivity contribution in [3.63, 3.8) is 0 Å². The van der Waals surface area contributed by atoms with Gasteiger partial charge in [0.1, 0.15) is 23.8 Å². The van der Waals surface area contributed by atoms with E-state index in [0.717, 1.165) is 0 Å². The summed E-state index contributed by atoms with van der Waals surface area (Å²) in [5, 5.41) is 47.6. The number of ether oxygens (including phenoxy) is 2. The van der Waals surface area contributed by atoms with Crippen molar-refractivity contribution in [1.29, 1.82) is 0 Å². The number of hydrogen-bond acceptors (Lipinski definition) is 14. The number of nitrogen functional groups attached to an aromatic ring is 1. The Morgan fingerprint density at radius 1 is 1.11 bits per heavy atom. The molecule has 8 N–H and O–H groups in total. The normalized spacial score (nSPS) is 29.4. The van der Waals surface area contributed by atoms with Crippen LogP contribution < -0.4 is 20.1 Å². The van der Waals surface area contributed by atoms with Gasteiger partial charge in [-0.1, -0.05) is 0 Å². The van der Waals surface area contributed by atoms with Gasteiger partial charge in [-0.15, -0.1) is 0 Å². The molecule has 0 saturated carbocycles. The average molecular weight is 726 g/mol. The second-order valence-corrected chi connectivity index (χ2v) is 11.7. The van der Waals surface area contributed by atoms with Gasteiger partial charge in [-0.25, -0.2) is 9.97 Å². The zero-order valence-corrected chi connectivity index (χ0v) is 25.4. The second-order valence-electron chi connectivity index (χ2n) is 8.38. The van der Waals surface area contributed by atoms with Gasteiger partial charge in [0.15, 0.2) is 11.9 Å². The molecule has 3 aromatic rings. The van der Waals surface area contributed by atoms with Crippen LogP contribution in [0.5, 0.6) is 0 Å². The molecule has 5 heterocycles.